The summed E-state index contributed by atoms with van der Waals surface area (Å²) in [6.07, 6.45) is 2.67. The van der Waals surface area contributed by atoms with Gasteiger partial charge in [-0.1, -0.05) is 41.4 Å². The lowest BCUT2D eigenvalue weighted by Crippen LogP contribution is -2.21. The first-order valence-electron chi connectivity index (χ1n) is 7.22. The van der Waals surface area contributed by atoms with Crippen molar-refractivity contribution in [3.63, 3.8) is 0 Å². The molecule has 23 heavy (non-hydrogen) atoms. The number of benzene rings is 2. The summed E-state index contributed by atoms with van der Waals surface area (Å²) in [5.41, 5.74) is 3.27. The minimum Gasteiger partial charge on any atom is -0.380 e. The average Bonchev–Trinajstić information content (AvgIpc) is 3.10. The molecule has 1 aliphatic heterocycles. The van der Waals surface area contributed by atoms with Crippen molar-refractivity contribution in [2.75, 3.05) is 23.3 Å². The quantitative estimate of drug-likeness (QED) is 0.821. The molecule has 4 nitrogen and oxygen atoms in total. The maximum Gasteiger partial charge on any atom is 0.150 e. The fourth-order valence-electron chi connectivity index (χ4n) is 2.55. The Kier molecular flexibility index (Phi) is 4.84. The molecule has 0 atom stereocenters. The summed E-state index contributed by atoms with van der Waals surface area (Å²) in [7, 11) is 0. The van der Waals surface area contributed by atoms with Crippen LogP contribution >= 0.6 is 23.2 Å². The van der Waals surface area contributed by atoms with Crippen molar-refractivity contribution in [1.82, 2.24) is 0 Å². The van der Waals surface area contributed by atoms with Crippen molar-refractivity contribution in [1.29, 1.82) is 0 Å². The van der Waals surface area contributed by atoms with Gasteiger partial charge in [0.25, 0.3) is 0 Å². The van der Waals surface area contributed by atoms with Crippen molar-refractivity contribution in [2.24, 2.45) is 4.99 Å². The molecule has 2 aromatic rings. The lowest BCUT2D eigenvalue weighted by Gasteiger charge is -2.20. The topological polar surface area (TPSA) is 44.7 Å². The molecule has 0 radical (unpaired) electrons. The minimum atomic E-state index is 0.467. The number of halogens is 2. The van der Waals surface area contributed by atoms with Crippen molar-refractivity contribution in [2.45, 2.75) is 6.54 Å². The number of aldehydes is 1. The molecule has 1 heterocycles. The molecule has 0 bridgehead atoms. The van der Waals surface area contributed by atoms with E-state index < -0.39 is 0 Å². The Hall–Kier alpha value is -2.04. The summed E-state index contributed by atoms with van der Waals surface area (Å²) < 4.78 is 0. The second-order valence-electron chi connectivity index (χ2n) is 5.13. The molecule has 1 N–H and O–H groups in total. The fraction of sp³-hybridized carbons (Fsp3) is 0.176. The average molecular weight is 348 g/mol. The number of nitrogens with zero attached hydrogens (tertiary/aromatic N) is 2. The molecule has 1 aliphatic rings. The van der Waals surface area contributed by atoms with E-state index in [1.165, 1.54) is 0 Å². The Labute approximate surface area is 144 Å². The molecule has 6 heteroatoms. The minimum absolute atomic E-state index is 0.467. The van der Waals surface area contributed by atoms with Crippen LogP contribution in [0.25, 0.3) is 0 Å². The highest BCUT2D eigenvalue weighted by Crippen LogP contribution is 2.31. The largest absolute Gasteiger partial charge is 0.380 e. The first-order chi connectivity index (χ1) is 11.2. The van der Waals surface area contributed by atoms with E-state index in [9.17, 15) is 4.79 Å². The first kappa shape index (κ1) is 15.8. The van der Waals surface area contributed by atoms with Gasteiger partial charge in [0, 0.05) is 29.9 Å². The van der Waals surface area contributed by atoms with Gasteiger partial charge in [-0.25, -0.2) is 0 Å². The van der Waals surface area contributed by atoms with Gasteiger partial charge in [0.05, 0.1) is 28.6 Å². The molecule has 0 unspecified atom stereocenters. The van der Waals surface area contributed by atoms with Gasteiger partial charge in [-0.3, -0.25) is 9.79 Å². The van der Waals surface area contributed by atoms with Crippen LogP contribution in [0.15, 0.2) is 41.4 Å². The molecule has 2 aromatic carbocycles. The molecule has 0 saturated heterocycles. The van der Waals surface area contributed by atoms with Crippen molar-refractivity contribution in [3.05, 3.63) is 57.6 Å². The van der Waals surface area contributed by atoms with Crippen LogP contribution in [0.2, 0.25) is 10.0 Å². The number of rotatable bonds is 5. The van der Waals surface area contributed by atoms with E-state index in [-0.39, 0.29) is 0 Å². The number of carbonyl (C=O) groups is 1. The van der Waals surface area contributed by atoms with Crippen LogP contribution < -0.4 is 10.2 Å². The molecule has 0 saturated carbocycles. The van der Waals surface area contributed by atoms with Gasteiger partial charge in [-0.05, 0) is 18.2 Å². The third-order valence-electron chi connectivity index (χ3n) is 3.72. The van der Waals surface area contributed by atoms with E-state index >= 15 is 0 Å². The number of hydrogen-bond donors (Lipinski definition) is 1. The summed E-state index contributed by atoms with van der Waals surface area (Å²) in [4.78, 5) is 17.7. The van der Waals surface area contributed by atoms with Gasteiger partial charge in [-0.2, -0.15) is 0 Å². The van der Waals surface area contributed by atoms with E-state index in [4.69, 9.17) is 23.2 Å². The number of nitrogens with one attached hydrogen (secondary N) is 1. The molecular weight excluding hydrogens is 333 g/mol. The monoisotopic (exact) mass is 347 g/mol. The van der Waals surface area contributed by atoms with Crippen LogP contribution in [-0.4, -0.2) is 25.7 Å². The highest BCUT2D eigenvalue weighted by atomic mass is 35.5. The Morgan fingerprint density at radius 3 is 2.78 bits per heavy atom. The van der Waals surface area contributed by atoms with Gasteiger partial charge in [0.15, 0.2) is 0 Å². The normalized spacial score (nSPS) is 13.4. The Bertz CT molecular complexity index is 761. The Morgan fingerprint density at radius 2 is 2.04 bits per heavy atom. The summed E-state index contributed by atoms with van der Waals surface area (Å²) in [5, 5.41) is 4.23. The molecule has 3 rings (SSSR count). The van der Waals surface area contributed by atoms with Crippen LogP contribution in [0.5, 0.6) is 0 Å². The van der Waals surface area contributed by atoms with Crippen LogP contribution in [0.3, 0.4) is 0 Å². The third-order valence-corrected chi connectivity index (χ3v) is 4.54. The Balaban J connectivity index is 1.90. The van der Waals surface area contributed by atoms with Gasteiger partial charge in [0.1, 0.15) is 6.29 Å². The summed E-state index contributed by atoms with van der Waals surface area (Å²) in [5.74, 6) is 0. The fourth-order valence-corrected chi connectivity index (χ4v) is 2.92. The summed E-state index contributed by atoms with van der Waals surface area (Å²) in [6, 6.07) is 11.1. The molecule has 118 valence electrons. The van der Waals surface area contributed by atoms with Gasteiger partial charge >= 0.3 is 0 Å². The second-order valence-corrected chi connectivity index (χ2v) is 5.92. The van der Waals surface area contributed by atoms with E-state index in [0.29, 0.717) is 22.2 Å². The smallest absolute Gasteiger partial charge is 0.150 e. The van der Waals surface area contributed by atoms with Crippen molar-refractivity contribution >= 4 is 47.2 Å². The van der Waals surface area contributed by atoms with Crippen molar-refractivity contribution in [3.8, 4) is 0 Å². The number of hydrogen-bond acceptors (Lipinski definition) is 4. The third kappa shape index (κ3) is 3.33. The highest BCUT2D eigenvalue weighted by molar-refractivity contribution is 6.43. The lowest BCUT2D eigenvalue weighted by atomic mass is 10.0. The van der Waals surface area contributed by atoms with E-state index in [1.54, 1.807) is 18.5 Å². The zero-order valence-corrected chi connectivity index (χ0v) is 13.8. The molecule has 0 fully saturated rings. The number of carbonyl (C=O) groups excluding carboxylic acids is 1. The van der Waals surface area contributed by atoms with Crippen LogP contribution in [0.4, 0.5) is 11.4 Å². The molecule has 0 aliphatic carbocycles. The molecule has 0 spiro atoms. The summed E-state index contributed by atoms with van der Waals surface area (Å²) >= 11 is 12.2. The number of anilines is 2. The van der Waals surface area contributed by atoms with E-state index in [1.807, 2.05) is 29.2 Å². The van der Waals surface area contributed by atoms with Crippen molar-refractivity contribution < 1.29 is 4.79 Å². The lowest BCUT2D eigenvalue weighted by molar-refractivity contribution is 0.112. The zero-order valence-electron chi connectivity index (χ0n) is 12.3. The SMILES string of the molecule is O=Cc1cccc(N2C=NCC2)c1CNc1cccc(Cl)c1Cl. The van der Waals surface area contributed by atoms with E-state index in [2.05, 4.69) is 10.3 Å². The van der Waals surface area contributed by atoms with Crippen LogP contribution in [0.1, 0.15) is 15.9 Å². The number of aliphatic imine (C=N–C) groups is 1. The second kappa shape index (κ2) is 7.02. The molecule has 0 amide bonds. The summed E-state index contributed by atoms with van der Waals surface area (Å²) in [6.45, 7) is 2.04. The maximum absolute atomic E-state index is 11.4. The molecule has 0 aromatic heterocycles. The standard InChI is InChI=1S/C17H15Cl2N3O/c18-14-4-2-5-15(17(14)19)21-9-13-12(10-23)3-1-6-16(13)22-8-7-20-11-22/h1-6,10-11,21H,7-9H2. The zero-order chi connectivity index (χ0) is 16.2. The van der Waals surface area contributed by atoms with Gasteiger partial charge in [-0.15, -0.1) is 0 Å². The molecular formula is C17H15Cl2N3O. The van der Waals surface area contributed by atoms with Gasteiger partial charge < -0.3 is 10.2 Å². The highest BCUT2D eigenvalue weighted by Gasteiger charge is 2.16. The predicted molar refractivity (Wildman–Crippen MR) is 96.3 cm³/mol. The van der Waals surface area contributed by atoms with Gasteiger partial charge in [0.2, 0.25) is 0 Å². The van der Waals surface area contributed by atoms with E-state index in [0.717, 1.165) is 36.3 Å². The van der Waals surface area contributed by atoms with Crippen LogP contribution in [0, 0.1) is 0 Å². The first-order valence-corrected chi connectivity index (χ1v) is 7.98. The Morgan fingerprint density at radius 1 is 1.22 bits per heavy atom. The predicted octanol–water partition coefficient (Wildman–Crippen LogP) is 4.27. The van der Waals surface area contributed by atoms with Crippen LogP contribution in [-0.2, 0) is 6.54 Å². The maximum atomic E-state index is 11.4.